The van der Waals surface area contributed by atoms with Gasteiger partial charge in [-0.05, 0) is 62.0 Å². The van der Waals surface area contributed by atoms with E-state index in [-0.39, 0.29) is 5.56 Å². The van der Waals surface area contributed by atoms with Gasteiger partial charge in [0.05, 0.1) is 12.7 Å². The summed E-state index contributed by atoms with van der Waals surface area (Å²) < 4.78 is 32.3. The molecule has 6 heteroatoms. The van der Waals surface area contributed by atoms with Crippen LogP contribution in [0, 0.1) is 17.6 Å². The van der Waals surface area contributed by atoms with E-state index in [4.69, 9.17) is 4.74 Å². The van der Waals surface area contributed by atoms with Crippen molar-refractivity contribution >= 4 is 5.91 Å². The van der Waals surface area contributed by atoms with Crippen molar-refractivity contribution in [3.63, 3.8) is 0 Å². The number of hydrogen-bond donors (Lipinski definition) is 0. The maximum absolute atomic E-state index is 13.9. The minimum atomic E-state index is -0.812. The van der Waals surface area contributed by atoms with Crippen LogP contribution in [0.1, 0.15) is 28.8 Å². The summed E-state index contributed by atoms with van der Waals surface area (Å²) in [6.45, 7) is 3.51. The molecule has 2 aromatic carbocycles. The van der Waals surface area contributed by atoms with Crippen molar-refractivity contribution in [1.29, 1.82) is 0 Å². The number of methoxy groups -OCH3 is 1. The summed E-state index contributed by atoms with van der Waals surface area (Å²) >= 11 is 0. The van der Waals surface area contributed by atoms with Crippen molar-refractivity contribution in [3.8, 4) is 5.75 Å². The maximum atomic E-state index is 13.9. The van der Waals surface area contributed by atoms with Crippen molar-refractivity contribution in [2.24, 2.45) is 5.92 Å². The van der Waals surface area contributed by atoms with Gasteiger partial charge in [-0.15, -0.1) is 0 Å². The molecule has 1 aliphatic heterocycles. The second kappa shape index (κ2) is 9.83. The number of likely N-dealkylation sites (tertiary alicyclic amines) is 1. The van der Waals surface area contributed by atoms with Crippen LogP contribution in [-0.2, 0) is 6.42 Å². The predicted octanol–water partition coefficient (Wildman–Crippen LogP) is 4.00. The van der Waals surface area contributed by atoms with Gasteiger partial charge in [0.1, 0.15) is 17.4 Å². The van der Waals surface area contributed by atoms with Crippen LogP contribution < -0.4 is 4.74 Å². The number of carbonyl (C=O) groups excluding carboxylic acids is 1. The maximum Gasteiger partial charge on any atom is 0.256 e. The second-order valence-corrected chi connectivity index (χ2v) is 7.66. The first-order valence-electron chi connectivity index (χ1n) is 10.0. The molecule has 1 aliphatic rings. The molecule has 156 valence electrons. The molecule has 2 aromatic rings. The van der Waals surface area contributed by atoms with Crippen LogP contribution in [0.25, 0.3) is 0 Å². The molecule has 0 radical (unpaired) electrons. The Balaban J connectivity index is 1.46. The first-order valence-corrected chi connectivity index (χ1v) is 10.0. The fourth-order valence-electron chi connectivity index (χ4n) is 3.92. The van der Waals surface area contributed by atoms with E-state index in [0.29, 0.717) is 12.5 Å². The Morgan fingerprint density at radius 1 is 1.17 bits per heavy atom. The molecule has 1 saturated heterocycles. The van der Waals surface area contributed by atoms with Gasteiger partial charge in [-0.2, -0.15) is 0 Å². The van der Waals surface area contributed by atoms with Crippen LogP contribution in [0.5, 0.6) is 5.75 Å². The smallest absolute Gasteiger partial charge is 0.256 e. The molecule has 0 atom stereocenters. The van der Waals surface area contributed by atoms with Gasteiger partial charge in [0, 0.05) is 26.2 Å². The highest BCUT2D eigenvalue weighted by atomic mass is 19.1. The van der Waals surface area contributed by atoms with Crippen molar-refractivity contribution in [3.05, 3.63) is 65.2 Å². The highest BCUT2D eigenvalue weighted by Crippen LogP contribution is 2.22. The third kappa shape index (κ3) is 5.54. The summed E-state index contributed by atoms with van der Waals surface area (Å²) in [5.74, 6) is -0.582. The minimum Gasteiger partial charge on any atom is -0.496 e. The lowest BCUT2D eigenvalue weighted by molar-refractivity contribution is 0.0735. The van der Waals surface area contributed by atoms with E-state index in [1.807, 2.05) is 18.2 Å². The minimum absolute atomic E-state index is 0.0804. The van der Waals surface area contributed by atoms with Crippen LogP contribution in [0.4, 0.5) is 8.78 Å². The van der Waals surface area contributed by atoms with Gasteiger partial charge in [0.25, 0.3) is 5.91 Å². The number of carbonyl (C=O) groups is 1. The SMILES string of the molecule is COc1ccccc1CCN1CCC(CN(C)C(=O)c2ccc(F)cc2F)CC1. The monoisotopic (exact) mass is 402 g/mol. The highest BCUT2D eigenvalue weighted by molar-refractivity contribution is 5.94. The summed E-state index contributed by atoms with van der Waals surface area (Å²) in [6.07, 6.45) is 2.93. The average Bonchev–Trinajstić information content (AvgIpc) is 2.73. The molecule has 1 fully saturated rings. The topological polar surface area (TPSA) is 32.8 Å². The molecule has 0 spiro atoms. The van der Waals surface area contributed by atoms with E-state index in [2.05, 4.69) is 11.0 Å². The third-order valence-electron chi connectivity index (χ3n) is 5.64. The quantitative estimate of drug-likeness (QED) is 0.702. The number of piperidine rings is 1. The average molecular weight is 402 g/mol. The van der Waals surface area contributed by atoms with E-state index >= 15 is 0 Å². The van der Waals surface area contributed by atoms with Gasteiger partial charge in [-0.25, -0.2) is 8.78 Å². The zero-order valence-electron chi connectivity index (χ0n) is 17.0. The Hall–Kier alpha value is -2.47. The molecular weight excluding hydrogens is 374 g/mol. The summed E-state index contributed by atoms with van der Waals surface area (Å²) in [7, 11) is 3.37. The van der Waals surface area contributed by atoms with E-state index in [1.165, 1.54) is 11.6 Å². The molecule has 0 aromatic heterocycles. The fourth-order valence-corrected chi connectivity index (χ4v) is 3.92. The normalized spacial score (nSPS) is 15.3. The molecule has 0 unspecified atom stereocenters. The lowest BCUT2D eigenvalue weighted by Gasteiger charge is -2.34. The van der Waals surface area contributed by atoms with Gasteiger partial charge in [-0.1, -0.05) is 18.2 Å². The van der Waals surface area contributed by atoms with Crippen molar-refractivity contribution in [2.45, 2.75) is 19.3 Å². The lowest BCUT2D eigenvalue weighted by Crippen LogP contribution is -2.40. The number of benzene rings is 2. The summed E-state index contributed by atoms with van der Waals surface area (Å²) in [4.78, 5) is 16.5. The van der Waals surface area contributed by atoms with Gasteiger partial charge < -0.3 is 14.5 Å². The lowest BCUT2D eigenvalue weighted by atomic mass is 9.95. The van der Waals surface area contributed by atoms with Crippen LogP contribution in [0.2, 0.25) is 0 Å². The van der Waals surface area contributed by atoms with Crippen LogP contribution in [0.3, 0.4) is 0 Å². The fraction of sp³-hybridized carbons (Fsp3) is 0.435. The molecule has 0 aliphatic carbocycles. The number of para-hydroxylation sites is 1. The van der Waals surface area contributed by atoms with Gasteiger partial charge >= 0.3 is 0 Å². The number of amides is 1. The van der Waals surface area contributed by atoms with E-state index in [9.17, 15) is 13.6 Å². The Kier molecular flexibility index (Phi) is 7.20. The standard InChI is InChI=1S/C23H28F2N2O2/c1-26(23(28)20-8-7-19(24)15-21(20)25)16-17-9-12-27(13-10-17)14-11-18-5-3-4-6-22(18)29-2/h3-8,15,17H,9-14,16H2,1-2H3. The van der Waals surface area contributed by atoms with Crippen LogP contribution in [-0.4, -0.2) is 56.0 Å². The predicted molar refractivity (Wildman–Crippen MR) is 109 cm³/mol. The number of hydrogen-bond acceptors (Lipinski definition) is 3. The van der Waals surface area contributed by atoms with Crippen LogP contribution in [0.15, 0.2) is 42.5 Å². The number of ether oxygens (including phenoxy) is 1. The van der Waals surface area contributed by atoms with Crippen LogP contribution >= 0.6 is 0 Å². The Bertz CT molecular complexity index is 835. The Labute approximate surface area is 171 Å². The van der Waals surface area contributed by atoms with Gasteiger partial charge in [0.15, 0.2) is 0 Å². The van der Waals surface area contributed by atoms with Crippen molar-refractivity contribution < 1.29 is 18.3 Å². The molecule has 1 amide bonds. The summed E-state index contributed by atoms with van der Waals surface area (Å²) in [5.41, 5.74) is 1.13. The second-order valence-electron chi connectivity index (χ2n) is 7.66. The van der Waals surface area contributed by atoms with Gasteiger partial charge in [-0.3, -0.25) is 4.79 Å². The largest absolute Gasteiger partial charge is 0.496 e. The zero-order valence-corrected chi connectivity index (χ0v) is 17.0. The van der Waals surface area contributed by atoms with E-state index in [1.54, 1.807) is 19.1 Å². The first kappa shape index (κ1) is 21.2. The van der Waals surface area contributed by atoms with Crippen molar-refractivity contribution in [2.75, 3.05) is 40.3 Å². The third-order valence-corrected chi connectivity index (χ3v) is 5.64. The summed E-state index contributed by atoms with van der Waals surface area (Å²) in [6, 6.07) is 11.2. The first-order chi connectivity index (χ1) is 14.0. The highest BCUT2D eigenvalue weighted by Gasteiger charge is 2.24. The molecule has 0 saturated carbocycles. The number of halogens is 2. The molecular formula is C23H28F2N2O2. The zero-order chi connectivity index (χ0) is 20.8. The number of nitrogens with zero attached hydrogens (tertiary/aromatic N) is 2. The Morgan fingerprint density at radius 2 is 1.90 bits per heavy atom. The molecule has 4 nitrogen and oxygen atoms in total. The summed E-state index contributed by atoms with van der Waals surface area (Å²) in [5, 5.41) is 0. The van der Waals surface area contributed by atoms with E-state index < -0.39 is 17.5 Å². The molecule has 29 heavy (non-hydrogen) atoms. The van der Waals surface area contributed by atoms with E-state index in [0.717, 1.165) is 56.8 Å². The van der Waals surface area contributed by atoms with Gasteiger partial charge in [0.2, 0.25) is 0 Å². The molecule has 1 heterocycles. The van der Waals surface area contributed by atoms with Crippen molar-refractivity contribution in [1.82, 2.24) is 9.80 Å². The molecule has 0 bridgehead atoms. The Morgan fingerprint density at radius 3 is 2.59 bits per heavy atom. The number of rotatable bonds is 7. The molecule has 3 rings (SSSR count). The molecule has 0 N–H and O–H groups in total.